The van der Waals surface area contributed by atoms with Gasteiger partial charge in [0.05, 0.1) is 5.57 Å². The fourth-order valence-corrected chi connectivity index (χ4v) is 5.72. The van der Waals surface area contributed by atoms with Gasteiger partial charge in [-0.2, -0.15) is 0 Å². The van der Waals surface area contributed by atoms with Gasteiger partial charge < -0.3 is 5.11 Å². The zero-order valence-electron chi connectivity index (χ0n) is 16.6. The highest BCUT2D eigenvalue weighted by molar-refractivity contribution is 7.14. The fraction of sp³-hybridized carbons (Fsp3) is 0.409. The first-order chi connectivity index (χ1) is 13.0. The number of hydrogen-bond acceptors (Lipinski definition) is 4. The molecule has 0 spiro atoms. The molecule has 1 unspecified atom stereocenters. The molecule has 1 atom stereocenters. The molecular formula is C22H28ClNO2S2. The van der Waals surface area contributed by atoms with Crippen molar-refractivity contribution in [2.75, 3.05) is 13.6 Å². The fourth-order valence-electron chi connectivity index (χ4n) is 3.70. The van der Waals surface area contributed by atoms with Crippen LogP contribution in [0.4, 0.5) is 0 Å². The van der Waals surface area contributed by atoms with Gasteiger partial charge in [0.15, 0.2) is 0 Å². The second-order valence-electron chi connectivity index (χ2n) is 7.16. The zero-order chi connectivity index (χ0) is 19.4. The molecule has 2 aromatic rings. The summed E-state index contributed by atoms with van der Waals surface area (Å²) in [6.45, 7) is 5.19. The predicted molar refractivity (Wildman–Crippen MR) is 123 cm³/mol. The van der Waals surface area contributed by atoms with Crippen molar-refractivity contribution in [2.45, 2.75) is 45.6 Å². The second-order valence-corrected chi connectivity index (χ2v) is 9.00. The number of allylic oxidation sites excluding steroid dienone is 1. The molecule has 2 heterocycles. The summed E-state index contributed by atoms with van der Waals surface area (Å²) >= 11 is 3.59. The molecule has 0 fully saturated rings. The molecule has 0 bridgehead atoms. The Labute approximate surface area is 181 Å². The van der Waals surface area contributed by atoms with Gasteiger partial charge in [0, 0.05) is 27.9 Å². The van der Waals surface area contributed by atoms with Gasteiger partial charge in [-0.15, -0.1) is 35.1 Å². The van der Waals surface area contributed by atoms with Crippen molar-refractivity contribution in [1.82, 2.24) is 4.90 Å². The molecule has 6 heteroatoms. The quantitative estimate of drug-likeness (QED) is 0.563. The van der Waals surface area contributed by atoms with E-state index in [4.69, 9.17) is 0 Å². The number of thiophene rings is 2. The van der Waals surface area contributed by atoms with Crippen molar-refractivity contribution >= 4 is 46.6 Å². The average molecular weight is 438 g/mol. The van der Waals surface area contributed by atoms with E-state index in [1.54, 1.807) is 22.7 Å². The molecule has 1 N–H and O–H groups in total. The molecule has 1 aliphatic carbocycles. The maximum absolute atomic E-state index is 11.5. The first-order valence-corrected chi connectivity index (χ1v) is 11.2. The topological polar surface area (TPSA) is 40.5 Å². The average Bonchev–Trinajstić information content (AvgIpc) is 3.27. The summed E-state index contributed by atoms with van der Waals surface area (Å²) in [5.41, 5.74) is 4.52. The molecular weight excluding hydrogens is 410 g/mol. The highest BCUT2D eigenvalue weighted by Crippen LogP contribution is 2.35. The van der Waals surface area contributed by atoms with Crippen molar-refractivity contribution in [3.63, 3.8) is 0 Å². The van der Waals surface area contributed by atoms with Crippen molar-refractivity contribution in [2.24, 2.45) is 0 Å². The Hall–Kier alpha value is -1.40. The molecule has 0 saturated heterocycles. The van der Waals surface area contributed by atoms with E-state index in [0.29, 0.717) is 5.57 Å². The van der Waals surface area contributed by atoms with Crippen LogP contribution in [0.15, 0.2) is 40.6 Å². The number of carboxylic acids is 1. The summed E-state index contributed by atoms with van der Waals surface area (Å²) in [6, 6.07) is 4.38. The second kappa shape index (κ2) is 10.4. The minimum atomic E-state index is -0.772. The van der Waals surface area contributed by atoms with Gasteiger partial charge >= 0.3 is 5.97 Å². The molecule has 152 valence electrons. The number of aryl methyl sites for hydroxylation is 2. The number of likely N-dealkylation sites (N-methyl/N-ethyl adjacent to an activating group) is 1. The van der Waals surface area contributed by atoms with Crippen molar-refractivity contribution in [3.05, 3.63) is 61.5 Å². The van der Waals surface area contributed by atoms with Gasteiger partial charge in [-0.05, 0) is 80.6 Å². The maximum Gasteiger partial charge on any atom is 0.332 e. The molecule has 3 nitrogen and oxygen atoms in total. The van der Waals surface area contributed by atoms with E-state index in [1.165, 1.54) is 26.5 Å². The Morgan fingerprint density at radius 3 is 2.32 bits per heavy atom. The molecule has 3 rings (SSSR count). The van der Waals surface area contributed by atoms with Gasteiger partial charge in [-0.25, -0.2) is 4.79 Å². The zero-order valence-corrected chi connectivity index (χ0v) is 19.1. The van der Waals surface area contributed by atoms with E-state index in [0.717, 1.165) is 32.2 Å². The van der Waals surface area contributed by atoms with Crippen molar-refractivity contribution in [3.8, 4) is 0 Å². The van der Waals surface area contributed by atoms with E-state index in [-0.39, 0.29) is 18.4 Å². The molecule has 1 aliphatic rings. The molecule has 0 saturated carbocycles. The molecule has 28 heavy (non-hydrogen) atoms. The SMILES string of the molecule is Cc1ccsc1C(=CCCN(C)C1CCCC=C1C(=O)O)c1sccc1C.Cl. The van der Waals surface area contributed by atoms with Crippen LogP contribution in [0.2, 0.25) is 0 Å². The first-order valence-electron chi connectivity index (χ1n) is 9.41. The van der Waals surface area contributed by atoms with Crippen LogP contribution < -0.4 is 0 Å². The highest BCUT2D eigenvalue weighted by Gasteiger charge is 2.26. The van der Waals surface area contributed by atoms with Crippen LogP contribution >= 0.6 is 35.1 Å². The Kier molecular flexibility index (Phi) is 8.50. The normalized spacial score (nSPS) is 16.4. The maximum atomic E-state index is 11.5. The summed E-state index contributed by atoms with van der Waals surface area (Å²) in [6.07, 6.45) is 8.02. The van der Waals surface area contributed by atoms with Crippen molar-refractivity contribution in [1.29, 1.82) is 0 Å². The summed E-state index contributed by atoms with van der Waals surface area (Å²) in [5.74, 6) is -0.772. The molecule has 0 aromatic carbocycles. The van der Waals surface area contributed by atoms with Crippen LogP contribution in [0.5, 0.6) is 0 Å². The van der Waals surface area contributed by atoms with Gasteiger partial charge in [0.2, 0.25) is 0 Å². The number of rotatable bonds is 7. The van der Waals surface area contributed by atoms with Crippen LogP contribution in [0.3, 0.4) is 0 Å². The third-order valence-electron chi connectivity index (χ3n) is 5.23. The third kappa shape index (κ3) is 5.15. The van der Waals surface area contributed by atoms with Gasteiger partial charge in [-0.1, -0.05) is 12.2 Å². The van der Waals surface area contributed by atoms with Crippen LogP contribution in [0.25, 0.3) is 5.57 Å². The van der Waals surface area contributed by atoms with Crippen molar-refractivity contribution < 1.29 is 9.90 Å². The minimum absolute atomic E-state index is 0. The molecule has 2 aromatic heterocycles. The first kappa shape index (κ1) is 22.9. The summed E-state index contributed by atoms with van der Waals surface area (Å²) in [5, 5.41) is 13.8. The predicted octanol–water partition coefficient (Wildman–Crippen LogP) is 6.17. The van der Waals surface area contributed by atoms with E-state index >= 15 is 0 Å². The Morgan fingerprint density at radius 1 is 1.21 bits per heavy atom. The lowest BCUT2D eigenvalue weighted by atomic mass is 9.93. The van der Waals surface area contributed by atoms with Gasteiger partial charge in [0.25, 0.3) is 0 Å². The Morgan fingerprint density at radius 2 is 1.82 bits per heavy atom. The number of carboxylic acid groups (broad SMARTS) is 1. The van der Waals surface area contributed by atoms with Crippen LogP contribution in [0, 0.1) is 13.8 Å². The Balaban J connectivity index is 0.00000280. The summed E-state index contributed by atoms with van der Waals surface area (Å²) in [7, 11) is 2.05. The summed E-state index contributed by atoms with van der Waals surface area (Å²) in [4.78, 5) is 16.4. The highest BCUT2D eigenvalue weighted by atomic mass is 35.5. The standard InChI is InChI=1S/C22H27NO2S2.ClH/c1-15-10-13-26-20(15)18(21-16(2)11-14-27-21)8-6-12-23(3)19-9-5-4-7-17(19)22(24)25;/h7-8,10-11,13-14,19H,4-6,9,12H2,1-3H3,(H,24,25);1H. The number of halogens is 1. The lowest BCUT2D eigenvalue weighted by Crippen LogP contribution is -2.37. The van der Waals surface area contributed by atoms with Gasteiger partial charge in [-0.3, -0.25) is 4.90 Å². The Bertz CT molecular complexity index is 823. The van der Waals surface area contributed by atoms with E-state index in [2.05, 4.69) is 47.7 Å². The van der Waals surface area contributed by atoms with Crippen LogP contribution in [-0.4, -0.2) is 35.6 Å². The lowest BCUT2D eigenvalue weighted by molar-refractivity contribution is -0.133. The van der Waals surface area contributed by atoms with Crippen LogP contribution in [0.1, 0.15) is 46.6 Å². The number of carbonyl (C=O) groups is 1. The number of aliphatic carboxylic acids is 1. The molecule has 0 aliphatic heterocycles. The minimum Gasteiger partial charge on any atom is -0.478 e. The van der Waals surface area contributed by atoms with E-state index in [9.17, 15) is 9.90 Å². The molecule has 0 amide bonds. The third-order valence-corrected chi connectivity index (χ3v) is 7.33. The molecule has 0 radical (unpaired) electrons. The van der Waals surface area contributed by atoms with E-state index in [1.807, 2.05) is 13.1 Å². The smallest absolute Gasteiger partial charge is 0.332 e. The van der Waals surface area contributed by atoms with Gasteiger partial charge in [0.1, 0.15) is 0 Å². The number of hydrogen-bond donors (Lipinski definition) is 1. The lowest BCUT2D eigenvalue weighted by Gasteiger charge is -2.30. The van der Waals surface area contributed by atoms with Crippen LogP contribution in [-0.2, 0) is 4.79 Å². The van der Waals surface area contributed by atoms with E-state index < -0.39 is 5.97 Å². The number of nitrogens with zero attached hydrogens (tertiary/aromatic N) is 1. The summed E-state index contributed by atoms with van der Waals surface area (Å²) < 4.78 is 0. The monoisotopic (exact) mass is 437 g/mol. The largest absolute Gasteiger partial charge is 0.478 e.